The zero-order chi connectivity index (χ0) is 20.4. The van der Waals surface area contributed by atoms with Crippen molar-refractivity contribution in [1.82, 2.24) is 5.32 Å². The van der Waals surface area contributed by atoms with Gasteiger partial charge in [-0.25, -0.2) is 0 Å². The van der Waals surface area contributed by atoms with E-state index in [9.17, 15) is 14.4 Å². The van der Waals surface area contributed by atoms with Crippen molar-refractivity contribution in [2.75, 3.05) is 18.5 Å². The van der Waals surface area contributed by atoms with Crippen LogP contribution in [0.5, 0.6) is 0 Å². The molecule has 1 aromatic carbocycles. The Bertz CT molecular complexity index is 787. The molecule has 1 aromatic heterocycles. The smallest absolute Gasteiger partial charge is 0.306 e. The van der Waals surface area contributed by atoms with E-state index in [0.717, 1.165) is 6.42 Å². The molecule has 2 rings (SSSR count). The standard InChI is InChI=1S/C21H26N2O4S/c1-15(2)13-22-21(26)17-9-3-4-10-18(17)23-19(24)14-27-20(25)11-5-7-16-8-6-12-28-16/h3-4,6,8-10,12,15H,5,7,11,13-14H2,1-2H3,(H,22,26)(H,23,24). The summed E-state index contributed by atoms with van der Waals surface area (Å²) < 4.78 is 5.03. The quantitative estimate of drug-likeness (QED) is 0.594. The van der Waals surface area contributed by atoms with Gasteiger partial charge in [-0.15, -0.1) is 11.3 Å². The maximum absolute atomic E-state index is 12.3. The van der Waals surface area contributed by atoms with Crippen molar-refractivity contribution in [2.45, 2.75) is 33.1 Å². The zero-order valence-electron chi connectivity index (χ0n) is 16.2. The summed E-state index contributed by atoms with van der Waals surface area (Å²) in [5, 5.41) is 7.46. The molecule has 0 radical (unpaired) electrons. The predicted molar refractivity (Wildman–Crippen MR) is 110 cm³/mol. The number of para-hydroxylation sites is 1. The van der Waals surface area contributed by atoms with Gasteiger partial charge in [-0.2, -0.15) is 0 Å². The highest BCUT2D eigenvalue weighted by atomic mass is 32.1. The molecule has 2 aromatic rings. The van der Waals surface area contributed by atoms with Gasteiger partial charge >= 0.3 is 5.97 Å². The number of ether oxygens (including phenoxy) is 1. The molecule has 0 spiro atoms. The van der Waals surface area contributed by atoms with E-state index in [0.29, 0.717) is 30.1 Å². The van der Waals surface area contributed by atoms with Gasteiger partial charge in [0.2, 0.25) is 0 Å². The Morgan fingerprint density at radius 3 is 2.61 bits per heavy atom. The minimum Gasteiger partial charge on any atom is -0.456 e. The summed E-state index contributed by atoms with van der Waals surface area (Å²) in [6, 6.07) is 10.7. The second-order valence-corrected chi connectivity index (χ2v) is 7.82. The maximum Gasteiger partial charge on any atom is 0.306 e. The van der Waals surface area contributed by atoms with Crippen molar-refractivity contribution in [3.05, 3.63) is 52.2 Å². The minimum absolute atomic E-state index is 0.254. The number of aryl methyl sites for hydroxylation is 1. The van der Waals surface area contributed by atoms with Gasteiger partial charge in [0, 0.05) is 17.8 Å². The normalized spacial score (nSPS) is 10.5. The fourth-order valence-corrected chi connectivity index (χ4v) is 3.20. The first-order chi connectivity index (χ1) is 13.5. The Morgan fingerprint density at radius 2 is 1.89 bits per heavy atom. The van der Waals surface area contributed by atoms with E-state index < -0.39 is 11.9 Å². The van der Waals surface area contributed by atoms with E-state index in [-0.39, 0.29) is 18.9 Å². The van der Waals surface area contributed by atoms with Crippen LogP contribution in [0.1, 0.15) is 41.9 Å². The first-order valence-electron chi connectivity index (χ1n) is 9.30. The van der Waals surface area contributed by atoms with Gasteiger partial charge in [-0.1, -0.05) is 32.0 Å². The third kappa shape index (κ3) is 7.52. The van der Waals surface area contributed by atoms with Crippen LogP contribution in [0, 0.1) is 5.92 Å². The first kappa shape index (κ1) is 21.6. The lowest BCUT2D eigenvalue weighted by Gasteiger charge is -2.12. The second-order valence-electron chi connectivity index (χ2n) is 6.79. The molecule has 0 fully saturated rings. The highest BCUT2D eigenvalue weighted by molar-refractivity contribution is 7.09. The molecule has 0 aliphatic heterocycles. The molecule has 1 heterocycles. The predicted octanol–water partition coefficient (Wildman–Crippen LogP) is 3.64. The Hall–Kier alpha value is -2.67. The Balaban J connectivity index is 1.77. The second kappa shape index (κ2) is 11.2. The molecule has 0 aliphatic rings. The summed E-state index contributed by atoms with van der Waals surface area (Å²) in [4.78, 5) is 37.4. The number of rotatable bonds is 10. The topological polar surface area (TPSA) is 84.5 Å². The summed E-state index contributed by atoms with van der Waals surface area (Å²) in [7, 11) is 0. The molecule has 0 saturated carbocycles. The molecule has 0 atom stereocenters. The van der Waals surface area contributed by atoms with Crippen LogP contribution in [-0.4, -0.2) is 30.9 Å². The summed E-state index contributed by atoms with van der Waals surface area (Å²) in [5.41, 5.74) is 0.765. The first-order valence-corrected chi connectivity index (χ1v) is 10.2. The number of hydrogen-bond donors (Lipinski definition) is 2. The summed E-state index contributed by atoms with van der Waals surface area (Å²) >= 11 is 1.65. The maximum atomic E-state index is 12.3. The summed E-state index contributed by atoms with van der Waals surface area (Å²) in [6.45, 7) is 4.18. The largest absolute Gasteiger partial charge is 0.456 e. The zero-order valence-corrected chi connectivity index (χ0v) is 17.0. The van der Waals surface area contributed by atoms with Crippen molar-refractivity contribution in [2.24, 2.45) is 5.92 Å². The lowest BCUT2D eigenvalue weighted by Crippen LogP contribution is -2.29. The van der Waals surface area contributed by atoms with Crippen molar-refractivity contribution < 1.29 is 19.1 Å². The van der Waals surface area contributed by atoms with E-state index in [2.05, 4.69) is 10.6 Å². The molecule has 2 N–H and O–H groups in total. The van der Waals surface area contributed by atoms with Gasteiger partial charge in [0.15, 0.2) is 6.61 Å². The Labute approximate surface area is 169 Å². The molecule has 0 bridgehead atoms. The number of amides is 2. The van der Waals surface area contributed by atoms with Crippen LogP contribution < -0.4 is 10.6 Å². The average Bonchev–Trinajstić information content (AvgIpc) is 3.18. The molecule has 28 heavy (non-hydrogen) atoms. The van der Waals surface area contributed by atoms with E-state index in [1.165, 1.54) is 4.88 Å². The number of carbonyl (C=O) groups is 3. The van der Waals surface area contributed by atoms with Crippen LogP contribution in [-0.2, 0) is 20.7 Å². The number of esters is 1. The van der Waals surface area contributed by atoms with Crippen molar-refractivity contribution >= 4 is 34.8 Å². The number of benzene rings is 1. The third-order valence-electron chi connectivity index (χ3n) is 3.87. The number of hydrogen-bond acceptors (Lipinski definition) is 5. The lowest BCUT2D eigenvalue weighted by atomic mass is 10.1. The summed E-state index contributed by atoms with van der Waals surface area (Å²) in [6.07, 6.45) is 1.76. The highest BCUT2D eigenvalue weighted by Crippen LogP contribution is 2.15. The fraction of sp³-hybridized carbons (Fsp3) is 0.381. The Morgan fingerprint density at radius 1 is 1.11 bits per heavy atom. The SMILES string of the molecule is CC(C)CNC(=O)c1ccccc1NC(=O)COC(=O)CCCc1cccs1. The number of carbonyl (C=O) groups excluding carboxylic acids is 3. The number of thiophene rings is 1. The van der Waals surface area contributed by atoms with Gasteiger partial charge in [0.05, 0.1) is 11.3 Å². The number of anilines is 1. The molecule has 0 aliphatic carbocycles. The molecule has 150 valence electrons. The molecular weight excluding hydrogens is 376 g/mol. The number of nitrogens with one attached hydrogen (secondary N) is 2. The third-order valence-corrected chi connectivity index (χ3v) is 4.80. The minimum atomic E-state index is -0.476. The van der Waals surface area contributed by atoms with Crippen molar-refractivity contribution in [3.63, 3.8) is 0 Å². The van der Waals surface area contributed by atoms with E-state index in [1.807, 2.05) is 31.4 Å². The van der Waals surface area contributed by atoms with Crippen LogP contribution in [0.25, 0.3) is 0 Å². The van der Waals surface area contributed by atoms with Crippen molar-refractivity contribution in [1.29, 1.82) is 0 Å². The van der Waals surface area contributed by atoms with Gasteiger partial charge in [0.25, 0.3) is 11.8 Å². The molecule has 0 unspecified atom stereocenters. The van der Waals surface area contributed by atoms with E-state index >= 15 is 0 Å². The van der Waals surface area contributed by atoms with Crippen LogP contribution in [0.15, 0.2) is 41.8 Å². The fourth-order valence-electron chi connectivity index (χ4n) is 2.45. The van der Waals surface area contributed by atoms with Gasteiger partial charge in [0.1, 0.15) is 0 Å². The van der Waals surface area contributed by atoms with E-state index in [1.54, 1.807) is 35.6 Å². The van der Waals surface area contributed by atoms with Crippen LogP contribution in [0.3, 0.4) is 0 Å². The molecule has 0 saturated heterocycles. The van der Waals surface area contributed by atoms with Gasteiger partial charge in [-0.05, 0) is 42.3 Å². The molecule has 7 heteroatoms. The van der Waals surface area contributed by atoms with Crippen LogP contribution in [0.4, 0.5) is 5.69 Å². The van der Waals surface area contributed by atoms with Crippen LogP contribution in [0.2, 0.25) is 0 Å². The van der Waals surface area contributed by atoms with E-state index in [4.69, 9.17) is 4.74 Å². The molecular formula is C21H26N2O4S. The van der Waals surface area contributed by atoms with Crippen LogP contribution >= 0.6 is 11.3 Å². The van der Waals surface area contributed by atoms with Crippen molar-refractivity contribution in [3.8, 4) is 0 Å². The molecule has 6 nitrogen and oxygen atoms in total. The summed E-state index contributed by atoms with van der Waals surface area (Å²) in [5.74, 6) is -0.814. The molecule has 2 amide bonds. The monoisotopic (exact) mass is 402 g/mol. The average molecular weight is 403 g/mol. The van der Waals surface area contributed by atoms with Gasteiger partial charge in [-0.3, -0.25) is 14.4 Å². The Kier molecular flexibility index (Phi) is 8.68. The highest BCUT2D eigenvalue weighted by Gasteiger charge is 2.14. The lowest BCUT2D eigenvalue weighted by molar-refractivity contribution is -0.147. The van der Waals surface area contributed by atoms with Gasteiger partial charge < -0.3 is 15.4 Å².